The number of aromatic nitrogens is 3. The van der Waals surface area contributed by atoms with Crippen LogP contribution in [0.15, 0.2) is 76.3 Å². The van der Waals surface area contributed by atoms with Crippen molar-refractivity contribution >= 4 is 17.7 Å². The van der Waals surface area contributed by atoms with Crippen molar-refractivity contribution in [3.8, 4) is 22.8 Å². The van der Waals surface area contributed by atoms with E-state index in [9.17, 15) is 4.79 Å². The van der Waals surface area contributed by atoms with Gasteiger partial charge in [-0.1, -0.05) is 42.1 Å². The van der Waals surface area contributed by atoms with E-state index in [2.05, 4.69) is 14.9 Å². The Bertz CT molecular complexity index is 1150. The van der Waals surface area contributed by atoms with Crippen molar-refractivity contribution in [2.45, 2.75) is 10.9 Å². The average molecular weight is 421 g/mol. The van der Waals surface area contributed by atoms with E-state index in [1.54, 1.807) is 19.2 Å². The zero-order valence-corrected chi connectivity index (χ0v) is 17.3. The molecular weight excluding hydrogens is 402 g/mol. The molecule has 0 N–H and O–H groups in total. The zero-order valence-electron chi connectivity index (χ0n) is 16.4. The summed E-state index contributed by atoms with van der Waals surface area (Å²) >= 11 is 1.47. The molecule has 0 amide bonds. The minimum absolute atomic E-state index is 0.176. The van der Waals surface area contributed by atoms with Crippen LogP contribution < -0.4 is 4.74 Å². The number of esters is 1. The molecule has 0 aliphatic heterocycles. The summed E-state index contributed by atoms with van der Waals surface area (Å²) in [5.41, 5.74) is 1.83. The molecule has 0 bridgehead atoms. The Morgan fingerprint density at radius 3 is 2.63 bits per heavy atom. The van der Waals surface area contributed by atoms with Crippen molar-refractivity contribution in [2.24, 2.45) is 0 Å². The zero-order chi connectivity index (χ0) is 20.9. The highest BCUT2D eigenvalue weighted by atomic mass is 32.2. The van der Waals surface area contributed by atoms with E-state index < -0.39 is 5.97 Å². The summed E-state index contributed by atoms with van der Waals surface area (Å²) in [5, 5.41) is 9.53. The van der Waals surface area contributed by atoms with Crippen LogP contribution in [-0.2, 0) is 10.5 Å². The van der Waals surface area contributed by atoms with Gasteiger partial charge in [0.15, 0.2) is 11.0 Å². The van der Waals surface area contributed by atoms with Crippen LogP contribution in [0.25, 0.3) is 17.1 Å². The third-order valence-electron chi connectivity index (χ3n) is 4.37. The summed E-state index contributed by atoms with van der Waals surface area (Å²) < 4.78 is 17.6. The highest BCUT2D eigenvalue weighted by molar-refractivity contribution is 7.98. The summed E-state index contributed by atoms with van der Waals surface area (Å²) in [6.45, 7) is 0. The number of carbonyl (C=O) groups is 1. The van der Waals surface area contributed by atoms with Crippen LogP contribution in [0, 0.1) is 0 Å². The molecule has 0 radical (unpaired) electrons. The largest absolute Gasteiger partial charge is 0.497 e. The molecule has 2 aromatic heterocycles. The molecule has 0 aliphatic carbocycles. The minimum atomic E-state index is -0.501. The molecule has 152 valence electrons. The van der Waals surface area contributed by atoms with Crippen molar-refractivity contribution in [1.82, 2.24) is 14.8 Å². The summed E-state index contributed by atoms with van der Waals surface area (Å²) in [6, 6.07) is 20.9. The van der Waals surface area contributed by atoms with Gasteiger partial charge in [0.05, 0.1) is 20.0 Å². The number of benzene rings is 2. The molecular formula is C22H19N3O4S. The normalized spacial score (nSPS) is 10.7. The lowest BCUT2D eigenvalue weighted by molar-refractivity contribution is 0.0563. The summed E-state index contributed by atoms with van der Waals surface area (Å²) in [6.07, 6.45) is 0. The maximum atomic E-state index is 11.6. The van der Waals surface area contributed by atoms with E-state index in [0.29, 0.717) is 22.5 Å². The lowest BCUT2D eigenvalue weighted by Crippen LogP contribution is -2.00. The van der Waals surface area contributed by atoms with E-state index in [1.165, 1.54) is 18.9 Å². The van der Waals surface area contributed by atoms with Gasteiger partial charge in [-0.15, -0.1) is 10.2 Å². The second-order valence-electron chi connectivity index (χ2n) is 6.26. The van der Waals surface area contributed by atoms with Crippen molar-refractivity contribution in [3.05, 3.63) is 78.3 Å². The number of thioether (sulfide) groups is 1. The average Bonchev–Trinajstić information content (AvgIpc) is 3.45. The van der Waals surface area contributed by atoms with E-state index in [0.717, 1.165) is 17.0 Å². The molecule has 2 aromatic carbocycles. The third kappa shape index (κ3) is 4.08. The van der Waals surface area contributed by atoms with Crippen molar-refractivity contribution in [3.63, 3.8) is 0 Å². The first-order valence-corrected chi connectivity index (χ1v) is 10.1. The molecule has 4 rings (SSSR count). The van der Waals surface area contributed by atoms with Crippen LogP contribution in [0.3, 0.4) is 0 Å². The van der Waals surface area contributed by atoms with E-state index in [-0.39, 0.29) is 5.76 Å². The first-order chi connectivity index (χ1) is 14.7. The van der Waals surface area contributed by atoms with Crippen molar-refractivity contribution in [2.75, 3.05) is 14.2 Å². The monoisotopic (exact) mass is 421 g/mol. The van der Waals surface area contributed by atoms with E-state index in [4.69, 9.17) is 9.15 Å². The fourth-order valence-corrected chi connectivity index (χ4v) is 3.77. The number of furan rings is 1. The SMILES string of the molecule is COC(=O)c1ccc(CSc2nnc(-c3cccc(OC)c3)n2-c2ccccc2)o1. The standard InChI is InChI=1S/C22H19N3O4S/c1-27-17-10-6-7-15(13-17)20-23-24-22(25(20)16-8-4-3-5-9-16)30-14-18-11-12-19(29-18)21(26)28-2/h3-13H,14H2,1-2H3. The van der Waals surface area contributed by atoms with Gasteiger partial charge in [0.2, 0.25) is 5.76 Å². The topological polar surface area (TPSA) is 79.4 Å². The Labute approximate surface area is 177 Å². The molecule has 4 aromatic rings. The molecule has 0 unspecified atom stereocenters. The number of carbonyl (C=O) groups excluding carboxylic acids is 1. The minimum Gasteiger partial charge on any atom is -0.497 e. The summed E-state index contributed by atoms with van der Waals surface area (Å²) in [4.78, 5) is 11.6. The number of hydrogen-bond acceptors (Lipinski definition) is 7. The Hall–Kier alpha value is -3.52. The highest BCUT2D eigenvalue weighted by Crippen LogP contribution is 2.31. The van der Waals surface area contributed by atoms with E-state index >= 15 is 0 Å². The van der Waals surface area contributed by atoms with Crippen molar-refractivity contribution < 1.29 is 18.7 Å². The lowest BCUT2D eigenvalue weighted by Gasteiger charge is -2.10. The van der Waals surface area contributed by atoms with Gasteiger partial charge in [-0.05, 0) is 36.4 Å². The Morgan fingerprint density at radius 2 is 1.87 bits per heavy atom. The first-order valence-electron chi connectivity index (χ1n) is 9.14. The molecule has 2 heterocycles. The van der Waals surface area contributed by atoms with Gasteiger partial charge in [-0.25, -0.2) is 4.79 Å². The molecule has 0 aliphatic rings. The van der Waals surface area contributed by atoms with Crippen LogP contribution in [0.5, 0.6) is 5.75 Å². The third-order valence-corrected chi connectivity index (χ3v) is 5.32. The molecule has 0 saturated heterocycles. The smallest absolute Gasteiger partial charge is 0.373 e. The number of nitrogens with zero attached hydrogens (tertiary/aromatic N) is 3. The van der Waals surface area contributed by atoms with Crippen LogP contribution in [-0.4, -0.2) is 35.0 Å². The van der Waals surface area contributed by atoms with Crippen LogP contribution >= 0.6 is 11.8 Å². The second kappa shape index (κ2) is 8.87. The maximum Gasteiger partial charge on any atom is 0.373 e. The van der Waals surface area contributed by atoms with Crippen LogP contribution in [0.1, 0.15) is 16.3 Å². The summed E-state index contributed by atoms with van der Waals surface area (Å²) in [5.74, 6) is 2.26. The fourth-order valence-electron chi connectivity index (χ4n) is 2.92. The van der Waals surface area contributed by atoms with Gasteiger partial charge in [0, 0.05) is 11.3 Å². The van der Waals surface area contributed by atoms with E-state index in [1.807, 2.05) is 59.2 Å². The number of hydrogen-bond donors (Lipinski definition) is 0. The van der Waals surface area contributed by atoms with Gasteiger partial charge in [-0.2, -0.15) is 0 Å². The number of para-hydroxylation sites is 1. The Kier molecular flexibility index (Phi) is 5.85. The second-order valence-corrected chi connectivity index (χ2v) is 7.20. The first kappa shape index (κ1) is 19.8. The molecule has 0 fully saturated rings. The van der Waals surface area contributed by atoms with Gasteiger partial charge < -0.3 is 13.9 Å². The Balaban J connectivity index is 1.67. The van der Waals surface area contributed by atoms with Gasteiger partial charge >= 0.3 is 5.97 Å². The fraction of sp³-hybridized carbons (Fsp3) is 0.136. The molecule has 30 heavy (non-hydrogen) atoms. The summed E-state index contributed by atoms with van der Waals surface area (Å²) in [7, 11) is 2.95. The quantitative estimate of drug-likeness (QED) is 0.318. The lowest BCUT2D eigenvalue weighted by atomic mass is 10.2. The predicted octanol–water partition coefficient (Wildman–Crippen LogP) is 4.61. The van der Waals surface area contributed by atoms with Crippen LogP contribution in [0.2, 0.25) is 0 Å². The van der Waals surface area contributed by atoms with Gasteiger partial charge in [0.1, 0.15) is 11.5 Å². The van der Waals surface area contributed by atoms with Gasteiger partial charge in [0.25, 0.3) is 0 Å². The maximum absolute atomic E-state index is 11.6. The number of ether oxygens (including phenoxy) is 2. The van der Waals surface area contributed by atoms with Crippen LogP contribution in [0.4, 0.5) is 0 Å². The van der Waals surface area contributed by atoms with Gasteiger partial charge in [-0.3, -0.25) is 4.57 Å². The molecule has 0 saturated carbocycles. The number of rotatable bonds is 7. The number of methoxy groups -OCH3 is 2. The Morgan fingerprint density at radius 1 is 1.03 bits per heavy atom. The molecule has 0 spiro atoms. The highest BCUT2D eigenvalue weighted by Gasteiger charge is 2.18. The molecule has 0 atom stereocenters. The molecule has 7 nitrogen and oxygen atoms in total. The molecule has 8 heteroatoms. The predicted molar refractivity (Wildman–Crippen MR) is 113 cm³/mol. The van der Waals surface area contributed by atoms with Crippen molar-refractivity contribution in [1.29, 1.82) is 0 Å².